The topological polar surface area (TPSA) is 140 Å². The van der Waals surface area contributed by atoms with E-state index in [0.717, 1.165) is 0 Å². The Labute approximate surface area is 171 Å². The standard InChI is InChI=1S/C19H20N6O5/c1-19(2)29-14-12(10-21-24-20)28-17(15(14)30-19)25-9-8-13(23-18(25)27)22-16(26)11-6-4-3-5-7-11/h3-9,12,14-15,17H,10H2,1-2H3,(H,22,23,26,27)/t12-,14-,15-,17-/m1/s1. The molecule has 2 aliphatic rings. The molecular weight excluding hydrogens is 392 g/mol. The number of carbonyl (C=O) groups excluding carboxylic acids is 1. The average molecular weight is 412 g/mol. The fraction of sp³-hybridized carbons (Fsp3) is 0.421. The number of amides is 1. The van der Waals surface area contributed by atoms with Crippen molar-refractivity contribution in [2.45, 2.75) is 44.2 Å². The first-order valence-corrected chi connectivity index (χ1v) is 9.35. The molecule has 0 radical (unpaired) electrons. The van der Waals surface area contributed by atoms with Crippen molar-refractivity contribution in [3.63, 3.8) is 0 Å². The third-order valence-corrected chi connectivity index (χ3v) is 4.83. The number of azide groups is 1. The Morgan fingerprint density at radius 3 is 2.70 bits per heavy atom. The summed E-state index contributed by atoms with van der Waals surface area (Å²) in [5.74, 6) is -1.12. The van der Waals surface area contributed by atoms with Crippen LogP contribution >= 0.6 is 0 Å². The molecule has 1 amide bonds. The predicted octanol–water partition coefficient (Wildman–Crippen LogP) is 2.22. The van der Waals surface area contributed by atoms with Crippen LogP contribution in [0, 0.1) is 0 Å². The maximum absolute atomic E-state index is 12.7. The van der Waals surface area contributed by atoms with Gasteiger partial charge in [-0.15, -0.1) is 0 Å². The molecule has 3 heterocycles. The second kappa shape index (κ2) is 7.88. The average Bonchev–Trinajstić information content (AvgIpc) is 3.20. The Morgan fingerprint density at radius 2 is 2.00 bits per heavy atom. The van der Waals surface area contributed by atoms with Crippen LogP contribution in [-0.4, -0.2) is 46.1 Å². The molecule has 1 aromatic heterocycles. The zero-order chi connectivity index (χ0) is 21.3. The molecular formula is C19H20N6O5. The van der Waals surface area contributed by atoms with E-state index in [0.29, 0.717) is 5.56 Å². The van der Waals surface area contributed by atoms with E-state index in [1.54, 1.807) is 44.2 Å². The summed E-state index contributed by atoms with van der Waals surface area (Å²) in [6, 6.07) is 10.1. The number of benzene rings is 1. The number of nitrogens with one attached hydrogen (secondary N) is 1. The molecule has 2 aliphatic heterocycles. The number of rotatable bonds is 5. The van der Waals surface area contributed by atoms with Crippen molar-refractivity contribution < 1.29 is 19.0 Å². The minimum atomic E-state index is -0.868. The molecule has 0 spiro atoms. The number of fused-ring (bicyclic) bond motifs is 1. The van der Waals surface area contributed by atoms with E-state index < -0.39 is 36.0 Å². The normalized spacial score (nSPS) is 26.6. The minimum Gasteiger partial charge on any atom is -0.349 e. The summed E-state index contributed by atoms with van der Waals surface area (Å²) < 4.78 is 19.0. The molecule has 4 atom stereocenters. The first kappa shape index (κ1) is 20.0. The summed E-state index contributed by atoms with van der Waals surface area (Å²) in [7, 11) is 0. The first-order valence-electron chi connectivity index (χ1n) is 9.35. The summed E-state index contributed by atoms with van der Waals surface area (Å²) >= 11 is 0. The van der Waals surface area contributed by atoms with Crippen LogP contribution in [-0.2, 0) is 14.2 Å². The Hall–Kier alpha value is -3.24. The van der Waals surface area contributed by atoms with Gasteiger partial charge in [-0.1, -0.05) is 23.3 Å². The van der Waals surface area contributed by atoms with E-state index in [-0.39, 0.29) is 18.3 Å². The molecule has 30 heavy (non-hydrogen) atoms. The van der Waals surface area contributed by atoms with Crippen LogP contribution in [0.25, 0.3) is 10.4 Å². The predicted molar refractivity (Wildman–Crippen MR) is 105 cm³/mol. The highest BCUT2D eigenvalue weighted by Gasteiger charge is 2.55. The van der Waals surface area contributed by atoms with Crippen molar-refractivity contribution in [2.24, 2.45) is 5.11 Å². The van der Waals surface area contributed by atoms with E-state index in [2.05, 4.69) is 20.3 Å². The highest BCUT2D eigenvalue weighted by molar-refractivity contribution is 6.03. The molecule has 4 rings (SSSR count). The molecule has 0 bridgehead atoms. The maximum atomic E-state index is 12.7. The van der Waals surface area contributed by atoms with Crippen LogP contribution in [0.5, 0.6) is 0 Å². The third-order valence-electron chi connectivity index (χ3n) is 4.83. The fourth-order valence-corrected chi connectivity index (χ4v) is 3.60. The molecule has 156 valence electrons. The smallest absolute Gasteiger partial charge is 0.349 e. The van der Waals surface area contributed by atoms with Crippen LogP contribution in [0.1, 0.15) is 30.4 Å². The van der Waals surface area contributed by atoms with Crippen molar-refractivity contribution >= 4 is 11.7 Å². The van der Waals surface area contributed by atoms with E-state index in [4.69, 9.17) is 19.7 Å². The summed E-state index contributed by atoms with van der Waals surface area (Å²) in [5.41, 5.74) is 8.44. The lowest BCUT2D eigenvalue weighted by Crippen LogP contribution is -2.35. The number of carbonyl (C=O) groups is 1. The van der Waals surface area contributed by atoms with Crippen molar-refractivity contribution in [1.29, 1.82) is 0 Å². The van der Waals surface area contributed by atoms with Gasteiger partial charge in [-0.2, -0.15) is 4.98 Å². The lowest BCUT2D eigenvalue weighted by atomic mass is 10.1. The highest BCUT2D eigenvalue weighted by Crippen LogP contribution is 2.42. The first-order chi connectivity index (χ1) is 14.4. The van der Waals surface area contributed by atoms with Crippen LogP contribution in [0.3, 0.4) is 0 Å². The second-order valence-electron chi connectivity index (χ2n) is 7.37. The van der Waals surface area contributed by atoms with E-state index in [1.807, 2.05) is 0 Å². The van der Waals surface area contributed by atoms with Gasteiger partial charge < -0.3 is 19.5 Å². The fourth-order valence-electron chi connectivity index (χ4n) is 3.60. The molecule has 2 saturated heterocycles. The zero-order valence-corrected chi connectivity index (χ0v) is 16.3. The van der Waals surface area contributed by atoms with Gasteiger partial charge in [0.1, 0.15) is 18.0 Å². The number of hydrogen-bond donors (Lipinski definition) is 1. The zero-order valence-electron chi connectivity index (χ0n) is 16.3. The van der Waals surface area contributed by atoms with Gasteiger partial charge in [-0.05, 0) is 37.6 Å². The molecule has 0 aliphatic carbocycles. The molecule has 0 saturated carbocycles. The van der Waals surface area contributed by atoms with Crippen molar-refractivity contribution in [1.82, 2.24) is 9.55 Å². The molecule has 1 aromatic carbocycles. The Kier molecular flexibility index (Phi) is 5.27. The summed E-state index contributed by atoms with van der Waals surface area (Å²) in [4.78, 5) is 31.6. The SMILES string of the molecule is CC1(C)O[C@@H]2[C@H](O1)[C@@H](CN=[N+]=[N-])O[C@H]2n1ccc(NC(=O)c2ccccc2)nc1=O. The minimum absolute atomic E-state index is 0.0427. The van der Waals surface area contributed by atoms with Crippen molar-refractivity contribution in [2.75, 3.05) is 11.9 Å². The van der Waals surface area contributed by atoms with E-state index in [9.17, 15) is 9.59 Å². The number of hydrogen-bond acceptors (Lipinski definition) is 7. The van der Waals surface area contributed by atoms with Crippen LogP contribution in [0.15, 0.2) is 52.5 Å². The van der Waals surface area contributed by atoms with Gasteiger partial charge in [0.15, 0.2) is 12.0 Å². The molecule has 2 aromatic rings. The van der Waals surface area contributed by atoms with Gasteiger partial charge in [0.2, 0.25) is 0 Å². The van der Waals surface area contributed by atoms with Gasteiger partial charge in [-0.25, -0.2) is 4.79 Å². The second-order valence-corrected chi connectivity index (χ2v) is 7.37. The van der Waals surface area contributed by atoms with Gasteiger partial charge in [0.05, 0.1) is 12.6 Å². The number of aromatic nitrogens is 2. The summed E-state index contributed by atoms with van der Waals surface area (Å²) in [5, 5.41) is 6.16. The van der Waals surface area contributed by atoms with Gasteiger partial charge >= 0.3 is 5.69 Å². The lowest BCUT2D eigenvalue weighted by molar-refractivity contribution is -0.196. The molecule has 0 unspecified atom stereocenters. The van der Waals surface area contributed by atoms with E-state index in [1.165, 1.54) is 16.8 Å². The van der Waals surface area contributed by atoms with Gasteiger partial charge in [-0.3, -0.25) is 9.36 Å². The number of nitrogens with zero attached hydrogens (tertiary/aromatic N) is 5. The van der Waals surface area contributed by atoms with Gasteiger partial charge in [0.25, 0.3) is 5.91 Å². The van der Waals surface area contributed by atoms with Crippen LogP contribution in [0.4, 0.5) is 5.82 Å². The molecule has 2 fully saturated rings. The lowest BCUT2D eigenvalue weighted by Gasteiger charge is -2.24. The Morgan fingerprint density at radius 1 is 1.27 bits per heavy atom. The Balaban J connectivity index is 1.56. The Bertz CT molecular complexity index is 1050. The van der Waals surface area contributed by atoms with E-state index >= 15 is 0 Å². The summed E-state index contributed by atoms with van der Waals surface area (Å²) in [6.07, 6.45) is -0.984. The van der Waals surface area contributed by atoms with Gasteiger partial charge in [0, 0.05) is 16.7 Å². The monoisotopic (exact) mass is 412 g/mol. The maximum Gasteiger partial charge on any atom is 0.351 e. The molecule has 11 nitrogen and oxygen atoms in total. The number of anilines is 1. The largest absolute Gasteiger partial charge is 0.351 e. The van der Waals surface area contributed by atoms with Crippen LogP contribution in [0.2, 0.25) is 0 Å². The number of ether oxygens (including phenoxy) is 3. The van der Waals surface area contributed by atoms with Crippen molar-refractivity contribution in [3.05, 3.63) is 69.1 Å². The summed E-state index contributed by atoms with van der Waals surface area (Å²) in [6.45, 7) is 3.56. The highest BCUT2D eigenvalue weighted by atomic mass is 16.8. The third kappa shape index (κ3) is 3.91. The quantitative estimate of drug-likeness (QED) is 0.453. The van der Waals surface area contributed by atoms with Crippen LogP contribution < -0.4 is 11.0 Å². The molecule has 11 heteroatoms. The molecule has 1 N–H and O–H groups in total. The van der Waals surface area contributed by atoms with Crippen molar-refractivity contribution in [3.8, 4) is 0 Å².